The van der Waals surface area contributed by atoms with Gasteiger partial charge in [0.05, 0.1) is 13.2 Å². The summed E-state index contributed by atoms with van der Waals surface area (Å²) < 4.78 is 15.8. The largest absolute Gasteiger partial charge is 0.483 e. The van der Waals surface area contributed by atoms with Crippen LogP contribution in [0.1, 0.15) is 25.3 Å². The van der Waals surface area contributed by atoms with Gasteiger partial charge < -0.3 is 24.4 Å². The summed E-state index contributed by atoms with van der Waals surface area (Å²) in [7, 11) is 1.60. The average molecular weight is 378 g/mol. The number of hydrogen-bond acceptors (Lipinski definition) is 5. The van der Waals surface area contributed by atoms with E-state index in [2.05, 4.69) is 12.2 Å². The lowest BCUT2D eigenvalue weighted by atomic mass is 10.1. The Labute approximate surface area is 161 Å². The molecule has 1 aromatic rings. The quantitative estimate of drug-likeness (QED) is 0.623. The highest BCUT2D eigenvalue weighted by Gasteiger charge is 2.24. The van der Waals surface area contributed by atoms with E-state index in [0.717, 1.165) is 30.6 Å². The second kappa shape index (κ2) is 11.6. The maximum absolute atomic E-state index is 12.2. The maximum Gasteiger partial charge on any atom is 0.258 e. The molecule has 150 valence electrons. The van der Waals surface area contributed by atoms with Crippen LogP contribution >= 0.6 is 0 Å². The van der Waals surface area contributed by atoms with Crippen LogP contribution in [0.15, 0.2) is 24.3 Å². The standard InChI is InChI=1S/C20H30N2O5/c1-3-16-6-4-5-7-18(16)27-14-19(23)21-17-8-10-22(11-9-17)20(24)15-26-13-12-25-2/h4-7,17H,3,8-15H2,1-2H3,(H,21,23). The van der Waals surface area contributed by atoms with Crippen molar-refractivity contribution in [2.45, 2.75) is 32.2 Å². The number of methoxy groups -OCH3 is 1. The Hall–Kier alpha value is -2.12. The number of aryl methyl sites for hydroxylation is 1. The number of benzene rings is 1. The molecule has 0 saturated carbocycles. The number of carbonyl (C=O) groups excluding carboxylic acids is 2. The summed E-state index contributed by atoms with van der Waals surface area (Å²) in [6, 6.07) is 7.81. The summed E-state index contributed by atoms with van der Waals surface area (Å²) >= 11 is 0. The molecular formula is C20H30N2O5. The summed E-state index contributed by atoms with van der Waals surface area (Å²) in [6.07, 6.45) is 2.33. The SMILES string of the molecule is CCc1ccccc1OCC(=O)NC1CCN(C(=O)COCCOC)CC1. The zero-order valence-corrected chi connectivity index (χ0v) is 16.2. The summed E-state index contributed by atoms with van der Waals surface area (Å²) in [5, 5.41) is 3.00. The van der Waals surface area contributed by atoms with Crippen molar-refractivity contribution in [3.63, 3.8) is 0 Å². The van der Waals surface area contributed by atoms with E-state index in [1.165, 1.54) is 0 Å². The number of hydrogen-bond donors (Lipinski definition) is 1. The van der Waals surface area contributed by atoms with Crippen LogP contribution in [-0.2, 0) is 25.5 Å². The fourth-order valence-electron chi connectivity index (χ4n) is 3.02. The number of piperidine rings is 1. The van der Waals surface area contributed by atoms with E-state index < -0.39 is 0 Å². The molecule has 1 heterocycles. The molecule has 7 heteroatoms. The van der Waals surface area contributed by atoms with Crippen molar-refractivity contribution in [1.29, 1.82) is 0 Å². The number of amides is 2. The van der Waals surface area contributed by atoms with Gasteiger partial charge in [-0.15, -0.1) is 0 Å². The van der Waals surface area contributed by atoms with Crippen molar-refractivity contribution in [1.82, 2.24) is 10.2 Å². The lowest BCUT2D eigenvalue weighted by molar-refractivity contribution is -0.137. The number of nitrogens with one attached hydrogen (secondary N) is 1. The highest BCUT2D eigenvalue weighted by molar-refractivity contribution is 5.78. The number of nitrogens with zero attached hydrogens (tertiary/aromatic N) is 1. The first kappa shape index (κ1) is 21.2. The van der Waals surface area contributed by atoms with Crippen molar-refractivity contribution < 1.29 is 23.8 Å². The normalized spacial score (nSPS) is 14.8. The molecule has 0 atom stereocenters. The van der Waals surface area contributed by atoms with Crippen molar-refractivity contribution in [2.75, 3.05) is 46.6 Å². The van der Waals surface area contributed by atoms with Gasteiger partial charge >= 0.3 is 0 Å². The first-order chi connectivity index (χ1) is 13.1. The van der Waals surface area contributed by atoms with Crippen LogP contribution in [0.4, 0.5) is 0 Å². The van der Waals surface area contributed by atoms with Crippen molar-refractivity contribution in [3.05, 3.63) is 29.8 Å². The van der Waals surface area contributed by atoms with E-state index in [4.69, 9.17) is 14.2 Å². The van der Waals surface area contributed by atoms with Crippen LogP contribution in [0.2, 0.25) is 0 Å². The van der Waals surface area contributed by atoms with Crippen LogP contribution < -0.4 is 10.1 Å². The van der Waals surface area contributed by atoms with E-state index in [0.29, 0.717) is 26.3 Å². The highest BCUT2D eigenvalue weighted by atomic mass is 16.5. The molecule has 1 aliphatic rings. The van der Waals surface area contributed by atoms with Gasteiger partial charge in [0.15, 0.2) is 6.61 Å². The summed E-state index contributed by atoms with van der Waals surface area (Å²) in [5.41, 5.74) is 1.09. The minimum Gasteiger partial charge on any atom is -0.483 e. The minimum absolute atomic E-state index is 0.00347. The Morgan fingerprint density at radius 2 is 1.89 bits per heavy atom. The van der Waals surface area contributed by atoms with Gasteiger partial charge in [0.1, 0.15) is 12.4 Å². The van der Waals surface area contributed by atoms with Gasteiger partial charge in [-0.1, -0.05) is 25.1 Å². The van der Waals surface area contributed by atoms with Gasteiger partial charge in [-0.25, -0.2) is 0 Å². The summed E-state index contributed by atoms with van der Waals surface area (Å²) in [6.45, 7) is 4.27. The predicted molar refractivity (Wildman–Crippen MR) is 102 cm³/mol. The Morgan fingerprint density at radius 3 is 2.59 bits per heavy atom. The van der Waals surface area contributed by atoms with Crippen molar-refractivity contribution in [2.24, 2.45) is 0 Å². The molecule has 0 spiro atoms. The smallest absolute Gasteiger partial charge is 0.258 e. The van der Waals surface area contributed by atoms with Gasteiger partial charge in [0, 0.05) is 26.2 Å². The van der Waals surface area contributed by atoms with Crippen LogP contribution in [0, 0.1) is 0 Å². The molecule has 0 bridgehead atoms. The van der Waals surface area contributed by atoms with E-state index in [1.807, 2.05) is 24.3 Å². The molecule has 1 aromatic carbocycles. The van der Waals surface area contributed by atoms with Gasteiger partial charge in [0.2, 0.25) is 5.91 Å². The first-order valence-electron chi connectivity index (χ1n) is 9.48. The van der Waals surface area contributed by atoms with Crippen LogP contribution in [0.5, 0.6) is 5.75 Å². The van der Waals surface area contributed by atoms with Crippen molar-refractivity contribution in [3.8, 4) is 5.75 Å². The first-order valence-corrected chi connectivity index (χ1v) is 9.48. The Bertz CT molecular complexity index is 600. The fraction of sp³-hybridized carbons (Fsp3) is 0.600. The molecule has 0 aliphatic carbocycles. The monoisotopic (exact) mass is 378 g/mol. The molecule has 1 saturated heterocycles. The van der Waals surface area contributed by atoms with E-state index in [-0.39, 0.29) is 31.1 Å². The summed E-state index contributed by atoms with van der Waals surface area (Å²) in [5.74, 6) is 0.605. The van der Waals surface area contributed by atoms with Crippen LogP contribution in [-0.4, -0.2) is 69.4 Å². The molecule has 0 radical (unpaired) electrons. The van der Waals surface area contributed by atoms with Gasteiger partial charge in [-0.3, -0.25) is 9.59 Å². The topological polar surface area (TPSA) is 77.1 Å². The highest BCUT2D eigenvalue weighted by Crippen LogP contribution is 2.18. The zero-order chi connectivity index (χ0) is 19.5. The van der Waals surface area contributed by atoms with Gasteiger partial charge in [0.25, 0.3) is 5.91 Å². The molecule has 0 aromatic heterocycles. The molecule has 2 amide bonds. The molecule has 1 aliphatic heterocycles. The predicted octanol–water partition coefficient (Wildman–Crippen LogP) is 1.40. The molecule has 0 unspecified atom stereocenters. The molecule has 27 heavy (non-hydrogen) atoms. The van der Waals surface area contributed by atoms with Crippen LogP contribution in [0.3, 0.4) is 0 Å². The molecule has 1 fully saturated rings. The second-order valence-electron chi connectivity index (χ2n) is 6.52. The number of likely N-dealkylation sites (tertiary alicyclic amines) is 1. The van der Waals surface area contributed by atoms with E-state index in [9.17, 15) is 9.59 Å². The lowest BCUT2D eigenvalue weighted by Crippen LogP contribution is -2.48. The molecule has 2 rings (SSSR count). The number of ether oxygens (including phenoxy) is 3. The maximum atomic E-state index is 12.2. The average Bonchev–Trinajstić information content (AvgIpc) is 2.70. The van der Waals surface area contributed by atoms with Gasteiger partial charge in [-0.05, 0) is 30.9 Å². The van der Waals surface area contributed by atoms with E-state index in [1.54, 1.807) is 12.0 Å². The zero-order valence-electron chi connectivity index (χ0n) is 16.2. The Morgan fingerprint density at radius 1 is 1.15 bits per heavy atom. The van der Waals surface area contributed by atoms with Crippen molar-refractivity contribution >= 4 is 11.8 Å². The Kier molecular flexibility index (Phi) is 9.07. The Balaban J connectivity index is 1.66. The van der Waals surface area contributed by atoms with Gasteiger partial charge in [-0.2, -0.15) is 0 Å². The molecule has 1 N–H and O–H groups in total. The molecule has 7 nitrogen and oxygen atoms in total. The number of para-hydroxylation sites is 1. The number of rotatable bonds is 10. The lowest BCUT2D eigenvalue weighted by Gasteiger charge is -2.32. The third-order valence-corrected chi connectivity index (χ3v) is 4.58. The second-order valence-corrected chi connectivity index (χ2v) is 6.52. The number of carbonyl (C=O) groups is 2. The minimum atomic E-state index is -0.131. The van der Waals surface area contributed by atoms with Crippen LogP contribution in [0.25, 0.3) is 0 Å². The van der Waals surface area contributed by atoms with E-state index >= 15 is 0 Å². The fourth-order valence-corrected chi connectivity index (χ4v) is 3.02. The summed E-state index contributed by atoms with van der Waals surface area (Å²) in [4.78, 5) is 26.0. The third-order valence-electron chi connectivity index (χ3n) is 4.58. The molecular weight excluding hydrogens is 348 g/mol. The third kappa shape index (κ3) is 7.19.